The van der Waals surface area contributed by atoms with Crippen LogP contribution in [0.5, 0.6) is 0 Å². The Morgan fingerprint density at radius 1 is 1.16 bits per heavy atom. The molecule has 2 aromatic rings. The van der Waals surface area contributed by atoms with Crippen LogP contribution >= 0.6 is 11.6 Å². The number of nitrogens with one attached hydrogen (secondary N) is 1. The van der Waals surface area contributed by atoms with Crippen LogP contribution in [0.2, 0.25) is 5.02 Å². The molecule has 0 bridgehead atoms. The minimum atomic E-state index is -0.132. The Morgan fingerprint density at radius 3 is 2.48 bits per heavy atom. The minimum Gasteiger partial charge on any atom is -0.378 e. The Morgan fingerprint density at radius 2 is 1.84 bits per heavy atom. The van der Waals surface area contributed by atoms with Crippen molar-refractivity contribution in [3.8, 4) is 0 Å². The zero-order chi connectivity index (χ0) is 17.8. The number of morpholine rings is 1. The monoisotopic (exact) mass is 359 g/mol. The smallest absolute Gasteiger partial charge is 0.322 e. The molecule has 3 rings (SSSR count). The van der Waals surface area contributed by atoms with Gasteiger partial charge in [-0.05, 0) is 42.0 Å². The molecule has 0 aromatic heterocycles. The molecule has 1 unspecified atom stereocenters. The first-order valence-corrected chi connectivity index (χ1v) is 8.61. The molecule has 132 valence electrons. The highest BCUT2D eigenvalue weighted by Crippen LogP contribution is 2.24. The minimum absolute atomic E-state index is 0.111. The summed E-state index contributed by atoms with van der Waals surface area (Å²) in [6, 6.07) is 15.2. The highest BCUT2D eigenvalue weighted by atomic mass is 35.5. The number of benzene rings is 2. The largest absolute Gasteiger partial charge is 0.378 e. The fourth-order valence-corrected chi connectivity index (χ4v) is 2.88. The van der Waals surface area contributed by atoms with Gasteiger partial charge in [-0.1, -0.05) is 23.7 Å². The highest BCUT2D eigenvalue weighted by Gasteiger charge is 2.25. The molecule has 0 saturated carbocycles. The van der Waals surface area contributed by atoms with Gasteiger partial charge in [0.25, 0.3) is 0 Å². The van der Waals surface area contributed by atoms with E-state index in [4.69, 9.17) is 16.3 Å². The van der Waals surface area contributed by atoms with E-state index in [1.165, 1.54) is 0 Å². The Bertz CT molecular complexity index is 716. The van der Waals surface area contributed by atoms with Crippen molar-refractivity contribution in [1.82, 2.24) is 4.90 Å². The van der Waals surface area contributed by atoms with E-state index in [0.29, 0.717) is 24.7 Å². The normalized spacial score (nSPS) is 17.2. The van der Waals surface area contributed by atoms with E-state index in [-0.39, 0.29) is 12.1 Å². The summed E-state index contributed by atoms with van der Waals surface area (Å²) in [6.07, 6.45) is -0.132. The average Bonchev–Trinajstić information content (AvgIpc) is 2.63. The number of carbonyl (C=O) groups is 1. The predicted octanol–water partition coefficient (Wildman–Crippen LogP) is 4.01. The molecule has 0 aliphatic carbocycles. The van der Waals surface area contributed by atoms with Crippen LogP contribution in [-0.2, 0) is 4.74 Å². The van der Waals surface area contributed by atoms with Gasteiger partial charge in [0, 0.05) is 37.0 Å². The van der Waals surface area contributed by atoms with Crippen molar-refractivity contribution < 1.29 is 9.53 Å². The van der Waals surface area contributed by atoms with Gasteiger partial charge in [-0.15, -0.1) is 0 Å². The Balaban J connectivity index is 1.62. The van der Waals surface area contributed by atoms with E-state index in [2.05, 4.69) is 5.32 Å². The fourth-order valence-electron chi connectivity index (χ4n) is 2.76. The topological polar surface area (TPSA) is 44.8 Å². The number of ether oxygens (including phenoxy) is 1. The third-order valence-electron chi connectivity index (χ3n) is 4.23. The van der Waals surface area contributed by atoms with E-state index < -0.39 is 0 Å². The first kappa shape index (κ1) is 17.6. The summed E-state index contributed by atoms with van der Waals surface area (Å²) in [5.74, 6) is 0. The highest BCUT2D eigenvalue weighted by molar-refractivity contribution is 6.30. The summed E-state index contributed by atoms with van der Waals surface area (Å²) < 4.78 is 5.81. The first-order chi connectivity index (χ1) is 12.0. The van der Waals surface area contributed by atoms with Crippen LogP contribution in [0.4, 0.5) is 16.2 Å². The quantitative estimate of drug-likeness (QED) is 0.900. The molecule has 1 atom stereocenters. The van der Waals surface area contributed by atoms with Crippen LogP contribution in [-0.4, -0.2) is 44.7 Å². The lowest BCUT2D eigenvalue weighted by atomic mass is 10.1. The third-order valence-corrected chi connectivity index (χ3v) is 4.48. The number of halogens is 1. The maximum absolute atomic E-state index is 12.5. The SMILES string of the molecule is CN(C)c1ccc(NC(=O)N2CCOC(c3ccc(Cl)cc3)C2)cc1. The van der Waals surface area contributed by atoms with Crippen LogP contribution in [0.25, 0.3) is 0 Å². The zero-order valence-corrected chi connectivity index (χ0v) is 15.2. The van der Waals surface area contributed by atoms with Gasteiger partial charge in [-0.25, -0.2) is 4.79 Å². The standard InChI is InChI=1S/C19H22ClN3O2/c1-22(2)17-9-7-16(8-10-17)21-19(24)23-11-12-25-18(13-23)14-3-5-15(20)6-4-14/h3-10,18H,11-13H2,1-2H3,(H,21,24). The van der Waals surface area contributed by atoms with Crippen molar-refractivity contribution in [1.29, 1.82) is 0 Å². The molecule has 1 fully saturated rings. The van der Waals surface area contributed by atoms with Crippen molar-refractivity contribution in [3.05, 3.63) is 59.1 Å². The lowest BCUT2D eigenvalue weighted by Gasteiger charge is -2.33. The summed E-state index contributed by atoms with van der Waals surface area (Å²) in [6.45, 7) is 1.61. The van der Waals surface area contributed by atoms with Gasteiger partial charge < -0.3 is 19.9 Å². The van der Waals surface area contributed by atoms with Crippen molar-refractivity contribution in [2.24, 2.45) is 0 Å². The number of hydrogen-bond donors (Lipinski definition) is 1. The Hall–Kier alpha value is -2.24. The van der Waals surface area contributed by atoms with Crippen molar-refractivity contribution in [2.45, 2.75) is 6.10 Å². The second kappa shape index (κ2) is 7.76. The van der Waals surface area contributed by atoms with Gasteiger partial charge in [0.05, 0.1) is 13.2 Å². The molecule has 0 spiro atoms. The molecule has 2 amide bonds. The molecule has 0 radical (unpaired) electrons. The second-order valence-corrected chi connectivity index (χ2v) is 6.66. The van der Waals surface area contributed by atoms with Gasteiger partial charge in [-0.3, -0.25) is 0 Å². The average molecular weight is 360 g/mol. The number of nitrogens with zero attached hydrogens (tertiary/aromatic N) is 2. The number of anilines is 2. The molecular weight excluding hydrogens is 338 g/mol. The summed E-state index contributed by atoms with van der Waals surface area (Å²) >= 11 is 5.93. The van der Waals surface area contributed by atoms with Crippen LogP contribution in [0.1, 0.15) is 11.7 Å². The Labute approximate surface area is 153 Å². The molecule has 1 aliphatic rings. The molecular formula is C19H22ClN3O2. The maximum Gasteiger partial charge on any atom is 0.322 e. The summed E-state index contributed by atoms with van der Waals surface area (Å²) in [5.41, 5.74) is 2.90. The number of rotatable bonds is 3. The van der Waals surface area contributed by atoms with Crippen molar-refractivity contribution in [2.75, 3.05) is 44.0 Å². The van der Waals surface area contributed by atoms with Gasteiger partial charge in [0.1, 0.15) is 6.10 Å². The lowest BCUT2D eigenvalue weighted by molar-refractivity contribution is -0.0135. The molecule has 1 N–H and O–H groups in total. The molecule has 1 saturated heterocycles. The van der Waals surface area contributed by atoms with Gasteiger partial charge in [-0.2, -0.15) is 0 Å². The zero-order valence-electron chi connectivity index (χ0n) is 14.4. The Kier molecular flexibility index (Phi) is 5.46. The van der Waals surface area contributed by atoms with Crippen molar-refractivity contribution >= 4 is 29.0 Å². The van der Waals surface area contributed by atoms with E-state index >= 15 is 0 Å². The van der Waals surface area contributed by atoms with E-state index in [1.807, 2.05) is 67.5 Å². The number of urea groups is 1. The molecule has 1 heterocycles. The van der Waals surface area contributed by atoms with Gasteiger partial charge in [0.2, 0.25) is 0 Å². The van der Waals surface area contributed by atoms with Crippen LogP contribution < -0.4 is 10.2 Å². The summed E-state index contributed by atoms with van der Waals surface area (Å²) in [5, 5.41) is 3.64. The summed E-state index contributed by atoms with van der Waals surface area (Å²) in [4.78, 5) is 16.3. The number of amides is 2. The van der Waals surface area contributed by atoms with Gasteiger partial charge in [0.15, 0.2) is 0 Å². The van der Waals surface area contributed by atoms with Crippen LogP contribution in [0.3, 0.4) is 0 Å². The lowest BCUT2D eigenvalue weighted by Crippen LogP contribution is -2.44. The number of carbonyl (C=O) groups excluding carboxylic acids is 1. The maximum atomic E-state index is 12.5. The van der Waals surface area contributed by atoms with Crippen molar-refractivity contribution in [3.63, 3.8) is 0 Å². The van der Waals surface area contributed by atoms with Crippen LogP contribution in [0.15, 0.2) is 48.5 Å². The second-order valence-electron chi connectivity index (χ2n) is 6.23. The fraction of sp³-hybridized carbons (Fsp3) is 0.316. The van der Waals surface area contributed by atoms with E-state index in [0.717, 1.165) is 16.9 Å². The molecule has 25 heavy (non-hydrogen) atoms. The summed E-state index contributed by atoms with van der Waals surface area (Å²) in [7, 11) is 3.97. The molecule has 6 heteroatoms. The third kappa shape index (κ3) is 4.44. The van der Waals surface area contributed by atoms with Crippen LogP contribution in [0, 0.1) is 0 Å². The van der Waals surface area contributed by atoms with Gasteiger partial charge >= 0.3 is 6.03 Å². The number of hydrogen-bond acceptors (Lipinski definition) is 3. The van der Waals surface area contributed by atoms with E-state index in [1.54, 1.807) is 4.90 Å². The predicted molar refractivity (Wildman–Crippen MR) is 102 cm³/mol. The first-order valence-electron chi connectivity index (χ1n) is 8.23. The molecule has 1 aliphatic heterocycles. The molecule has 2 aromatic carbocycles. The van der Waals surface area contributed by atoms with E-state index in [9.17, 15) is 4.79 Å². The molecule has 5 nitrogen and oxygen atoms in total.